The molecule has 0 heterocycles. The SMILES string of the molecule is CC[C@@H](Oc1ccc(Cl)cc1)C(=O)NCCSCc1c(Cl)cccc1Cl. The molecule has 1 N–H and O–H groups in total. The molecule has 1 atom stereocenters. The topological polar surface area (TPSA) is 38.3 Å². The Morgan fingerprint density at radius 2 is 1.77 bits per heavy atom. The van der Waals surface area contributed by atoms with Gasteiger partial charge in [0.05, 0.1) is 0 Å². The Labute approximate surface area is 173 Å². The third-order valence-corrected chi connectivity index (χ3v) is 5.55. The van der Waals surface area contributed by atoms with Crippen LogP contribution in [0.15, 0.2) is 42.5 Å². The van der Waals surface area contributed by atoms with Crippen LogP contribution in [0.1, 0.15) is 18.9 Å². The Morgan fingerprint density at radius 1 is 1.12 bits per heavy atom. The van der Waals surface area contributed by atoms with E-state index in [1.54, 1.807) is 36.0 Å². The molecule has 0 aliphatic heterocycles. The minimum absolute atomic E-state index is 0.126. The standard InChI is InChI=1S/C19H20Cl3NO2S/c1-2-18(25-14-8-6-13(20)7-9-14)19(24)23-10-11-26-12-15-16(21)4-3-5-17(15)22/h3-9,18H,2,10-12H2,1H3,(H,23,24)/t18-/m1/s1. The molecule has 0 bridgehead atoms. The van der Waals surface area contributed by atoms with Crippen LogP contribution in [0.25, 0.3) is 0 Å². The number of ether oxygens (including phenoxy) is 1. The lowest BCUT2D eigenvalue weighted by Crippen LogP contribution is -2.39. The number of carbonyl (C=O) groups excluding carboxylic acids is 1. The van der Waals surface area contributed by atoms with Crippen LogP contribution >= 0.6 is 46.6 Å². The number of halogens is 3. The third-order valence-electron chi connectivity index (χ3n) is 3.61. The number of hydrogen-bond acceptors (Lipinski definition) is 3. The van der Waals surface area contributed by atoms with E-state index in [9.17, 15) is 4.79 Å². The second kappa shape index (κ2) is 10.9. The molecule has 0 aromatic heterocycles. The zero-order valence-electron chi connectivity index (χ0n) is 14.3. The number of amides is 1. The van der Waals surface area contributed by atoms with Crippen LogP contribution < -0.4 is 10.1 Å². The number of hydrogen-bond donors (Lipinski definition) is 1. The highest BCUT2D eigenvalue weighted by atomic mass is 35.5. The second-order valence-electron chi connectivity index (χ2n) is 5.51. The monoisotopic (exact) mass is 431 g/mol. The molecule has 2 rings (SSSR count). The normalized spacial score (nSPS) is 11.8. The van der Waals surface area contributed by atoms with Crippen molar-refractivity contribution in [3.05, 3.63) is 63.1 Å². The van der Waals surface area contributed by atoms with Gasteiger partial charge in [-0.3, -0.25) is 4.79 Å². The molecular weight excluding hydrogens is 413 g/mol. The van der Waals surface area contributed by atoms with E-state index in [0.29, 0.717) is 39.5 Å². The van der Waals surface area contributed by atoms with Gasteiger partial charge in [-0.15, -0.1) is 0 Å². The van der Waals surface area contributed by atoms with E-state index in [0.717, 1.165) is 11.3 Å². The van der Waals surface area contributed by atoms with Gasteiger partial charge in [0.15, 0.2) is 6.10 Å². The first-order valence-corrected chi connectivity index (χ1v) is 10.5. The highest BCUT2D eigenvalue weighted by Crippen LogP contribution is 2.28. The summed E-state index contributed by atoms with van der Waals surface area (Å²) in [6, 6.07) is 12.4. The quantitative estimate of drug-likeness (QED) is 0.505. The van der Waals surface area contributed by atoms with Crippen molar-refractivity contribution >= 4 is 52.5 Å². The van der Waals surface area contributed by atoms with E-state index in [1.807, 2.05) is 25.1 Å². The Hall–Kier alpha value is -1.07. The molecule has 1 amide bonds. The molecule has 2 aromatic carbocycles. The Kier molecular flexibility index (Phi) is 8.93. The highest BCUT2D eigenvalue weighted by Gasteiger charge is 2.17. The summed E-state index contributed by atoms with van der Waals surface area (Å²) < 4.78 is 5.73. The first kappa shape index (κ1) is 21.2. The summed E-state index contributed by atoms with van der Waals surface area (Å²) in [4.78, 5) is 12.3. The predicted octanol–water partition coefficient (Wildman–Crippen LogP) is 5.85. The highest BCUT2D eigenvalue weighted by molar-refractivity contribution is 7.98. The van der Waals surface area contributed by atoms with Crippen molar-refractivity contribution in [3.8, 4) is 5.75 Å². The molecule has 26 heavy (non-hydrogen) atoms. The molecule has 7 heteroatoms. The third kappa shape index (κ3) is 6.58. The minimum Gasteiger partial charge on any atom is -0.481 e. The number of benzene rings is 2. The number of nitrogens with one attached hydrogen (secondary N) is 1. The maximum Gasteiger partial charge on any atom is 0.261 e. The molecule has 0 radical (unpaired) electrons. The van der Waals surface area contributed by atoms with Crippen molar-refractivity contribution in [1.82, 2.24) is 5.32 Å². The Morgan fingerprint density at radius 3 is 2.38 bits per heavy atom. The minimum atomic E-state index is -0.529. The first-order valence-electron chi connectivity index (χ1n) is 8.21. The van der Waals surface area contributed by atoms with Crippen molar-refractivity contribution in [2.45, 2.75) is 25.2 Å². The summed E-state index contributed by atoms with van der Waals surface area (Å²) in [5.41, 5.74) is 0.921. The van der Waals surface area contributed by atoms with Gasteiger partial charge in [-0.25, -0.2) is 0 Å². The fourth-order valence-corrected chi connectivity index (χ4v) is 3.93. The van der Waals surface area contributed by atoms with Gasteiger partial charge < -0.3 is 10.1 Å². The van der Waals surface area contributed by atoms with Crippen LogP contribution in [0.3, 0.4) is 0 Å². The van der Waals surface area contributed by atoms with Gasteiger partial charge in [0.1, 0.15) is 5.75 Å². The fourth-order valence-electron chi connectivity index (χ4n) is 2.20. The molecule has 0 fully saturated rings. The van der Waals surface area contributed by atoms with Crippen molar-refractivity contribution in [2.75, 3.05) is 12.3 Å². The van der Waals surface area contributed by atoms with Crippen LogP contribution in [0.5, 0.6) is 5.75 Å². The summed E-state index contributed by atoms with van der Waals surface area (Å²) in [5, 5.41) is 4.86. The molecule has 0 spiro atoms. The number of rotatable bonds is 9. The van der Waals surface area contributed by atoms with Crippen LogP contribution in [-0.4, -0.2) is 24.3 Å². The molecule has 0 unspecified atom stereocenters. The average Bonchev–Trinajstić information content (AvgIpc) is 2.63. The van der Waals surface area contributed by atoms with Gasteiger partial charge in [0.25, 0.3) is 5.91 Å². The van der Waals surface area contributed by atoms with E-state index in [-0.39, 0.29) is 5.91 Å². The maximum absolute atomic E-state index is 12.3. The summed E-state index contributed by atoms with van der Waals surface area (Å²) in [6.07, 6.45) is 0.0517. The van der Waals surface area contributed by atoms with E-state index in [2.05, 4.69) is 5.32 Å². The average molecular weight is 433 g/mol. The summed E-state index contributed by atoms with van der Waals surface area (Å²) in [6.45, 7) is 2.46. The molecule has 140 valence electrons. The lowest BCUT2D eigenvalue weighted by Gasteiger charge is -2.17. The Balaban J connectivity index is 1.73. The molecular formula is C19H20Cl3NO2S. The van der Waals surface area contributed by atoms with Crippen molar-refractivity contribution < 1.29 is 9.53 Å². The van der Waals surface area contributed by atoms with Crippen LogP contribution in [0.2, 0.25) is 15.1 Å². The van der Waals surface area contributed by atoms with Gasteiger partial charge in [0.2, 0.25) is 0 Å². The Bertz CT molecular complexity index is 705. The number of thioether (sulfide) groups is 1. The smallest absolute Gasteiger partial charge is 0.261 e. The zero-order valence-corrected chi connectivity index (χ0v) is 17.4. The summed E-state index contributed by atoms with van der Waals surface area (Å²) in [7, 11) is 0. The molecule has 2 aromatic rings. The van der Waals surface area contributed by atoms with Crippen molar-refractivity contribution in [3.63, 3.8) is 0 Å². The van der Waals surface area contributed by atoms with E-state index in [1.165, 1.54) is 0 Å². The first-order chi connectivity index (χ1) is 12.5. The van der Waals surface area contributed by atoms with Crippen LogP contribution in [0, 0.1) is 0 Å². The summed E-state index contributed by atoms with van der Waals surface area (Å²) >= 11 is 19.8. The molecule has 0 aliphatic carbocycles. The van der Waals surface area contributed by atoms with Gasteiger partial charge in [-0.05, 0) is 48.4 Å². The molecule has 0 saturated heterocycles. The van der Waals surface area contributed by atoms with Crippen LogP contribution in [-0.2, 0) is 10.5 Å². The lowest BCUT2D eigenvalue weighted by atomic mass is 10.2. The van der Waals surface area contributed by atoms with Gasteiger partial charge >= 0.3 is 0 Å². The van der Waals surface area contributed by atoms with Gasteiger partial charge in [-0.2, -0.15) is 11.8 Å². The van der Waals surface area contributed by atoms with Crippen molar-refractivity contribution in [2.24, 2.45) is 0 Å². The molecule has 3 nitrogen and oxygen atoms in total. The summed E-state index contributed by atoms with van der Waals surface area (Å²) in [5.74, 6) is 1.95. The second-order valence-corrected chi connectivity index (χ2v) is 7.87. The molecule has 0 saturated carbocycles. The number of carbonyl (C=O) groups is 1. The zero-order chi connectivity index (χ0) is 18.9. The van der Waals surface area contributed by atoms with Gasteiger partial charge in [0, 0.05) is 33.1 Å². The van der Waals surface area contributed by atoms with Crippen molar-refractivity contribution in [1.29, 1.82) is 0 Å². The maximum atomic E-state index is 12.3. The van der Waals surface area contributed by atoms with Gasteiger partial charge in [-0.1, -0.05) is 47.8 Å². The predicted molar refractivity (Wildman–Crippen MR) is 112 cm³/mol. The van der Waals surface area contributed by atoms with Crippen LogP contribution in [0.4, 0.5) is 0 Å². The van der Waals surface area contributed by atoms with E-state index >= 15 is 0 Å². The lowest BCUT2D eigenvalue weighted by molar-refractivity contribution is -0.127. The van der Waals surface area contributed by atoms with E-state index in [4.69, 9.17) is 39.5 Å². The molecule has 0 aliphatic rings. The fraction of sp³-hybridized carbons (Fsp3) is 0.316. The largest absolute Gasteiger partial charge is 0.481 e. The van der Waals surface area contributed by atoms with E-state index < -0.39 is 6.10 Å².